The molecule has 1 N–H and O–H groups in total. The number of rotatable bonds is 4. The van der Waals surface area contributed by atoms with Gasteiger partial charge in [0.25, 0.3) is 0 Å². The van der Waals surface area contributed by atoms with Gasteiger partial charge in [0.15, 0.2) is 5.78 Å². The first-order valence-corrected chi connectivity index (χ1v) is 11.8. The number of esters is 2. The standard InChI is InChI=1S/C27H33NO5/c1-16-22(26(31)33-19-8-6-5-7-9-19)23(17-10-12-18(13-11-17)25(30)32-4)24-20(28-16)14-27(2,3)15-21(24)29/h10-13,19,23,28H,5-9,14-15H2,1-4H3/t23-/m0/s1. The summed E-state index contributed by atoms with van der Waals surface area (Å²) < 4.78 is 10.8. The summed E-state index contributed by atoms with van der Waals surface area (Å²) in [6, 6.07) is 6.97. The summed E-state index contributed by atoms with van der Waals surface area (Å²) in [6.45, 7) is 6.05. The number of carbonyl (C=O) groups excluding carboxylic acids is 3. The molecule has 176 valence electrons. The Hall–Kier alpha value is -2.89. The number of ether oxygens (including phenoxy) is 2. The molecule has 1 heterocycles. The van der Waals surface area contributed by atoms with Gasteiger partial charge in [0, 0.05) is 29.3 Å². The summed E-state index contributed by atoms with van der Waals surface area (Å²) in [5.74, 6) is -1.26. The van der Waals surface area contributed by atoms with Crippen LogP contribution in [0, 0.1) is 5.41 Å². The van der Waals surface area contributed by atoms with Crippen LogP contribution >= 0.6 is 0 Å². The van der Waals surface area contributed by atoms with Gasteiger partial charge in [-0.25, -0.2) is 9.59 Å². The van der Waals surface area contributed by atoms with E-state index in [0.717, 1.165) is 49.1 Å². The first-order chi connectivity index (χ1) is 15.7. The molecule has 0 bridgehead atoms. The molecule has 0 amide bonds. The Morgan fingerprint density at radius 2 is 1.67 bits per heavy atom. The van der Waals surface area contributed by atoms with Crippen LogP contribution in [-0.2, 0) is 19.1 Å². The van der Waals surface area contributed by atoms with E-state index in [0.29, 0.717) is 23.1 Å². The van der Waals surface area contributed by atoms with Crippen molar-refractivity contribution in [2.45, 2.75) is 77.7 Å². The average Bonchev–Trinajstić information content (AvgIpc) is 2.77. The largest absolute Gasteiger partial charge is 0.465 e. The molecule has 6 nitrogen and oxygen atoms in total. The normalized spacial score (nSPS) is 23.0. The number of dihydropyridines is 1. The van der Waals surface area contributed by atoms with Gasteiger partial charge in [-0.3, -0.25) is 4.79 Å². The summed E-state index contributed by atoms with van der Waals surface area (Å²) in [5.41, 5.74) is 3.79. The second-order valence-corrected chi connectivity index (χ2v) is 10.2. The van der Waals surface area contributed by atoms with Crippen LogP contribution in [0.1, 0.15) is 87.6 Å². The Morgan fingerprint density at radius 1 is 1.00 bits per heavy atom. The maximum absolute atomic E-state index is 13.5. The lowest BCUT2D eigenvalue weighted by Crippen LogP contribution is -2.39. The van der Waals surface area contributed by atoms with Crippen molar-refractivity contribution in [3.63, 3.8) is 0 Å². The highest BCUT2D eigenvalue weighted by Gasteiger charge is 2.43. The van der Waals surface area contributed by atoms with Crippen LogP contribution in [0.25, 0.3) is 0 Å². The fourth-order valence-corrected chi connectivity index (χ4v) is 5.37. The number of allylic oxidation sites excluding steroid dienone is 3. The zero-order valence-electron chi connectivity index (χ0n) is 20.0. The third kappa shape index (κ3) is 4.75. The van der Waals surface area contributed by atoms with Crippen molar-refractivity contribution in [1.82, 2.24) is 5.32 Å². The van der Waals surface area contributed by atoms with Crippen LogP contribution in [0.2, 0.25) is 0 Å². The average molecular weight is 452 g/mol. The van der Waals surface area contributed by atoms with E-state index in [9.17, 15) is 14.4 Å². The third-order valence-electron chi connectivity index (χ3n) is 6.95. The van der Waals surface area contributed by atoms with Gasteiger partial charge < -0.3 is 14.8 Å². The van der Waals surface area contributed by atoms with E-state index in [1.54, 1.807) is 24.3 Å². The zero-order valence-corrected chi connectivity index (χ0v) is 20.0. The van der Waals surface area contributed by atoms with Crippen molar-refractivity contribution in [1.29, 1.82) is 0 Å². The van der Waals surface area contributed by atoms with E-state index in [1.807, 2.05) is 6.92 Å². The Morgan fingerprint density at radius 3 is 2.30 bits per heavy atom. The van der Waals surface area contributed by atoms with E-state index >= 15 is 0 Å². The van der Waals surface area contributed by atoms with Gasteiger partial charge in [-0.1, -0.05) is 32.4 Å². The fourth-order valence-electron chi connectivity index (χ4n) is 5.37. The van der Waals surface area contributed by atoms with Crippen LogP contribution < -0.4 is 5.32 Å². The summed E-state index contributed by atoms with van der Waals surface area (Å²) in [6.07, 6.45) is 6.14. The lowest BCUT2D eigenvalue weighted by atomic mass is 9.68. The summed E-state index contributed by atoms with van der Waals surface area (Å²) in [4.78, 5) is 38.7. The van der Waals surface area contributed by atoms with Crippen molar-refractivity contribution in [3.8, 4) is 0 Å². The molecule has 1 saturated carbocycles. The predicted molar refractivity (Wildman–Crippen MR) is 124 cm³/mol. The molecule has 6 heteroatoms. The topological polar surface area (TPSA) is 81.7 Å². The number of hydrogen-bond acceptors (Lipinski definition) is 6. The molecule has 0 saturated heterocycles. The van der Waals surface area contributed by atoms with Gasteiger partial charge in [-0.2, -0.15) is 0 Å². The Bertz CT molecular complexity index is 1030. The maximum Gasteiger partial charge on any atom is 0.337 e. The van der Waals surface area contributed by atoms with Gasteiger partial charge >= 0.3 is 11.9 Å². The molecule has 1 fully saturated rings. The second kappa shape index (κ2) is 9.16. The van der Waals surface area contributed by atoms with Gasteiger partial charge in [0.05, 0.1) is 18.2 Å². The van der Waals surface area contributed by atoms with Gasteiger partial charge in [-0.05, 0) is 62.1 Å². The zero-order chi connectivity index (χ0) is 23.8. The number of hydrogen-bond donors (Lipinski definition) is 1. The molecule has 3 aliphatic rings. The fraction of sp³-hybridized carbons (Fsp3) is 0.519. The van der Waals surface area contributed by atoms with Crippen LogP contribution in [0.5, 0.6) is 0 Å². The molecule has 0 aromatic heterocycles. The third-order valence-corrected chi connectivity index (χ3v) is 6.95. The number of ketones is 1. The minimum atomic E-state index is -0.521. The second-order valence-electron chi connectivity index (χ2n) is 10.2. The molecule has 1 aromatic rings. The van der Waals surface area contributed by atoms with E-state index in [-0.39, 0.29) is 23.3 Å². The van der Waals surface area contributed by atoms with E-state index in [2.05, 4.69) is 19.2 Å². The molecule has 1 atom stereocenters. The summed E-state index contributed by atoms with van der Waals surface area (Å²) in [5, 5.41) is 3.37. The van der Waals surface area contributed by atoms with Crippen LogP contribution in [-0.4, -0.2) is 30.9 Å². The minimum Gasteiger partial charge on any atom is -0.465 e. The monoisotopic (exact) mass is 451 g/mol. The highest BCUT2D eigenvalue weighted by atomic mass is 16.5. The first-order valence-electron chi connectivity index (χ1n) is 11.8. The summed E-state index contributed by atoms with van der Waals surface area (Å²) in [7, 11) is 1.34. The lowest BCUT2D eigenvalue weighted by molar-refractivity contribution is -0.146. The predicted octanol–water partition coefficient (Wildman–Crippen LogP) is 4.95. The van der Waals surface area contributed by atoms with Crippen molar-refractivity contribution >= 4 is 17.7 Å². The molecule has 1 aliphatic heterocycles. The number of nitrogens with one attached hydrogen (secondary N) is 1. The Kier molecular flexibility index (Phi) is 6.46. The van der Waals surface area contributed by atoms with E-state index in [1.165, 1.54) is 13.5 Å². The molecule has 0 spiro atoms. The van der Waals surface area contributed by atoms with Gasteiger partial charge in [-0.15, -0.1) is 0 Å². The highest BCUT2D eigenvalue weighted by molar-refractivity contribution is 6.04. The van der Waals surface area contributed by atoms with Crippen molar-refractivity contribution < 1.29 is 23.9 Å². The molecule has 0 radical (unpaired) electrons. The van der Waals surface area contributed by atoms with Crippen LogP contribution in [0.3, 0.4) is 0 Å². The quantitative estimate of drug-likeness (QED) is 0.652. The van der Waals surface area contributed by atoms with E-state index < -0.39 is 11.9 Å². The van der Waals surface area contributed by atoms with Crippen LogP contribution in [0.4, 0.5) is 0 Å². The highest BCUT2D eigenvalue weighted by Crippen LogP contribution is 2.47. The molecular weight excluding hydrogens is 418 g/mol. The minimum absolute atomic E-state index is 0.0475. The Labute approximate surface area is 195 Å². The van der Waals surface area contributed by atoms with E-state index in [4.69, 9.17) is 9.47 Å². The number of carbonyl (C=O) groups is 3. The van der Waals surface area contributed by atoms with Gasteiger partial charge in [0.2, 0.25) is 0 Å². The Balaban J connectivity index is 1.75. The number of benzene rings is 1. The lowest BCUT2D eigenvalue weighted by Gasteiger charge is -2.39. The molecule has 1 aromatic carbocycles. The smallest absolute Gasteiger partial charge is 0.337 e. The molecule has 33 heavy (non-hydrogen) atoms. The van der Waals surface area contributed by atoms with Crippen LogP contribution in [0.15, 0.2) is 46.8 Å². The molecular formula is C27H33NO5. The van der Waals surface area contributed by atoms with Gasteiger partial charge in [0.1, 0.15) is 6.10 Å². The van der Waals surface area contributed by atoms with Crippen molar-refractivity contribution in [2.24, 2.45) is 5.41 Å². The number of methoxy groups -OCH3 is 1. The van der Waals surface area contributed by atoms with Crippen molar-refractivity contribution in [2.75, 3.05) is 7.11 Å². The van der Waals surface area contributed by atoms with Crippen molar-refractivity contribution in [3.05, 3.63) is 57.9 Å². The molecule has 4 rings (SSSR count). The SMILES string of the molecule is COC(=O)c1ccc([C@H]2C(C(=O)OC3CCCCC3)=C(C)NC3=C2C(=O)CC(C)(C)C3)cc1. The summed E-state index contributed by atoms with van der Waals surface area (Å²) >= 11 is 0. The first kappa shape index (κ1) is 23.3. The molecule has 0 unspecified atom stereocenters. The number of Topliss-reactive ketones (excluding diaryl/α,β-unsaturated/α-hetero) is 1. The molecule has 2 aliphatic carbocycles. The maximum atomic E-state index is 13.5.